The van der Waals surface area contributed by atoms with Crippen LogP contribution in [0.1, 0.15) is 11.3 Å². The van der Waals surface area contributed by atoms with Crippen molar-refractivity contribution < 1.29 is 14.0 Å². The molecule has 2 N–H and O–H groups in total. The average Bonchev–Trinajstić information content (AvgIpc) is 3.40. The zero-order chi connectivity index (χ0) is 20.4. The van der Waals surface area contributed by atoms with Crippen LogP contribution in [0.25, 0.3) is 17.0 Å². The number of hydrogen-bond donors (Lipinski definition) is 2. The molecular formula is C20H16ClN3O3S2. The summed E-state index contributed by atoms with van der Waals surface area (Å²) in [6, 6.07) is 9.13. The number of thioether (sulfide) groups is 1. The summed E-state index contributed by atoms with van der Waals surface area (Å²) in [5, 5.41) is 4.54. The Labute approximate surface area is 181 Å². The molecule has 0 aliphatic carbocycles. The lowest BCUT2D eigenvalue weighted by atomic mass is 10.1. The molecule has 0 saturated carbocycles. The standard InChI is InChI=1S/C20H16ClN3O3S2/c21-13-3-4-16-15(8-13)12(10-23-16)5-6-22-18(25)11-24-19(26)17(29-20(24)28)9-14-2-1-7-27-14/h1-4,7-10,23H,5-6,11H2,(H,22,25)/b17-9-. The monoisotopic (exact) mass is 445 g/mol. The van der Waals surface area contributed by atoms with E-state index < -0.39 is 0 Å². The van der Waals surface area contributed by atoms with E-state index in [1.54, 1.807) is 18.2 Å². The van der Waals surface area contributed by atoms with Gasteiger partial charge in [0.05, 0.1) is 11.2 Å². The number of nitrogens with zero attached hydrogens (tertiary/aromatic N) is 1. The predicted molar refractivity (Wildman–Crippen MR) is 119 cm³/mol. The number of amides is 2. The lowest BCUT2D eigenvalue weighted by Gasteiger charge is -2.14. The second-order valence-corrected chi connectivity index (χ2v) is 8.50. The Balaban J connectivity index is 1.33. The number of carbonyl (C=O) groups is 2. The van der Waals surface area contributed by atoms with Crippen molar-refractivity contribution in [2.24, 2.45) is 0 Å². The zero-order valence-electron chi connectivity index (χ0n) is 15.1. The maximum Gasteiger partial charge on any atom is 0.266 e. The maximum absolute atomic E-state index is 12.5. The van der Waals surface area contributed by atoms with Gasteiger partial charge < -0.3 is 14.7 Å². The third kappa shape index (κ3) is 4.39. The molecule has 148 valence electrons. The van der Waals surface area contributed by atoms with Gasteiger partial charge in [0.1, 0.15) is 16.6 Å². The molecule has 2 aromatic heterocycles. The lowest BCUT2D eigenvalue weighted by Crippen LogP contribution is -2.40. The number of H-pyrrole nitrogens is 1. The van der Waals surface area contributed by atoms with E-state index in [0.29, 0.717) is 33.0 Å². The largest absolute Gasteiger partial charge is 0.465 e. The molecule has 1 saturated heterocycles. The Morgan fingerprint density at radius 3 is 3.03 bits per heavy atom. The van der Waals surface area contributed by atoms with Gasteiger partial charge in [-0.1, -0.05) is 35.6 Å². The number of fused-ring (bicyclic) bond motifs is 1. The lowest BCUT2D eigenvalue weighted by molar-refractivity contribution is -0.128. The second kappa shape index (κ2) is 8.44. The van der Waals surface area contributed by atoms with Crippen molar-refractivity contribution in [3.8, 4) is 0 Å². The minimum absolute atomic E-state index is 0.111. The minimum atomic E-state index is -0.294. The number of benzene rings is 1. The van der Waals surface area contributed by atoms with Gasteiger partial charge in [-0.25, -0.2) is 0 Å². The van der Waals surface area contributed by atoms with Crippen LogP contribution in [0, 0.1) is 0 Å². The van der Waals surface area contributed by atoms with Crippen molar-refractivity contribution in [1.29, 1.82) is 0 Å². The van der Waals surface area contributed by atoms with E-state index in [0.717, 1.165) is 28.2 Å². The molecule has 3 aromatic rings. The SMILES string of the molecule is O=C(CN1C(=O)/C(=C/c2ccco2)SC1=S)NCCc1c[nH]c2ccc(Cl)cc12. The van der Waals surface area contributed by atoms with Crippen LogP contribution in [0.5, 0.6) is 0 Å². The smallest absolute Gasteiger partial charge is 0.266 e. The molecule has 2 amide bonds. The highest BCUT2D eigenvalue weighted by Gasteiger charge is 2.33. The Hall–Kier alpha value is -2.55. The number of thiocarbonyl (C=S) groups is 1. The minimum Gasteiger partial charge on any atom is -0.465 e. The molecule has 1 aliphatic heterocycles. The maximum atomic E-state index is 12.5. The Morgan fingerprint density at radius 2 is 2.24 bits per heavy atom. The Kier molecular flexibility index (Phi) is 5.75. The van der Waals surface area contributed by atoms with E-state index in [2.05, 4.69) is 10.3 Å². The fraction of sp³-hybridized carbons (Fsp3) is 0.150. The van der Waals surface area contributed by atoms with Gasteiger partial charge in [-0.2, -0.15) is 0 Å². The topological polar surface area (TPSA) is 78.3 Å². The third-order valence-electron chi connectivity index (χ3n) is 4.44. The molecule has 3 heterocycles. The van der Waals surface area contributed by atoms with Gasteiger partial charge >= 0.3 is 0 Å². The van der Waals surface area contributed by atoms with Crippen LogP contribution < -0.4 is 5.32 Å². The van der Waals surface area contributed by atoms with Crippen LogP contribution in [-0.4, -0.2) is 39.1 Å². The average molecular weight is 446 g/mol. The van der Waals surface area contributed by atoms with Crippen molar-refractivity contribution in [1.82, 2.24) is 15.2 Å². The Morgan fingerprint density at radius 1 is 1.38 bits per heavy atom. The first-order valence-corrected chi connectivity index (χ1v) is 10.4. The van der Waals surface area contributed by atoms with Crippen LogP contribution in [0.2, 0.25) is 5.02 Å². The molecule has 0 unspecified atom stereocenters. The van der Waals surface area contributed by atoms with Crippen LogP contribution in [0.3, 0.4) is 0 Å². The number of halogens is 1. The number of nitrogens with one attached hydrogen (secondary N) is 2. The number of furan rings is 1. The van der Waals surface area contributed by atoms with E-state index in [-0.39, 0.29) is 18.4 Å². The molecule has 0 atom stereocenters. The summed E-state index contributed by atoms with van der Waals surface area (Å²) >= 11 is 12.5. The molecule has 0 bridgehead atoms. The molecular weight excluding hydrogens is 430 g/mol. The third-order valence-corrected chi connectivity index (χ3v) is 6.05. The van der Waals surface area contributed by atoms with E-state index in [4.69, 9.17) is 28.2 Å². The second-order valence-electron chi connectivity index (χ2n) is 6.39. The quantitative estimate of drug-likeness (QED) is 0.443. The van der Waals surface area contributed by atoms with Gasteiger partial charge in [-0.15, -0.1) is 0 Å². The molecule has 29 heavy (non-hydrogen) atoms. The van der Waals surface area contributed by atoms with E-state index >= 15 is 0 Å². The number of carbonyl (C=O) groups excluding carboxylic acids is 2. The normalized spacial score (nSPS) is 15.6. The predicted octanol–water partition coefficient (Wildman–Crippen LogP) is 3.97. The molecule has 9 heteroatoms. The van der Waals surface area contributed by atoms with Crippen LogP contribution in [0.4, 0.5) is 0 Å². The highest BCUT2D eigenvalue weighted by atomic mass is 35.5. The van der Waals surface area contributed by atoms with Gasteiger partial charge in [-0.3, -0.25) is 14.5 Å². The van der Waals surface area contributed by atoms with Gasteiger partial charge in [0.15, 0.2) is 0 Å². The van der Waals surface area contributed by atoms with Crippen molar-refractivity contribution in [3.63, 3.8) is 0 Å². The molecule has 1 fully saturated rings. The van der Waals surface area contributed by atoms with E-state index in [1.807, 2.05) is 24.4 Å². The van der Waals surface area contributed by atoms with E-state index in [1.165, 1.54) is 11.2 Å². The number of hydrogen-bond acceptors (Lipinski definition) is 5. The van der Waals surface area contributed by atoms with E-state index in [9.17, 15) is 9.59 Å². The van der Waals surface area contributed by atoms with Crippen molar-refractivity contribution >= 4 is 68.7 Å². The molecule has 1 aromatic carbocycles. The summed E-state index contributed by atoms with van der Waals surface area (Å²) in [6.45, 7) is 0.329. The van der Waals surface area contributed by atoms with Crippen molar-refractivity contribution in [3.05, 3.63) is 64.0 Å². The van der Waals surface area contributed by atoms with Crippen LogP contribution in [0.15, 0.2) is 52.1 Å². The summed E-state index contributed by atoms with van der Waals surface area (Å²) in [5.41, 5.74) is 2.06. The summed E-state index contributed by atoms with van der Waals surface area (Å²) < 4.78 is 5.58. The zero-order valence-corrected chi connectivity index (χ0v) is 17.5. The van der Waals surface area contributed by atoms with Crippen LogP contribution >= 0.6 is 35.6 Å². The molecule has 6 nitrogen and oxygen atoms in total. The summed E-state index contributed by atoms with van der Waals surface area (Å²) in [4.78, 5) is 29.8. The molecule has 4 rings (SSSR count). The first kappa shape index (κ1) is 19.8. The van der Waals surface area contributed by atoms with Crippen molar-refractivity contribution in [2.75, 3.05) is 13.1 Å². The number of aromatic amines is 1. The van der Waals surface area contributed by atoms with Crippen molar-refractivity contribution in [2.45, 2.75) is 6.42 Å². The molecule has 0 radical (unpaired) electrons. The van der Waals surface area contributed by atoms with Gasteiger partial charge in [-0.05, 0) is 42.3 Å². The first-order chi connectivity index (χ1) is 14.0. The van der Waals surface area contributed by atoms with Gasteiger partial charge in [0.25, 0.3) is 5.91 Å². The highest BCUT2D eigenvalue weighted by molar-refractivity contribution is 8.26. The van der Waals surface area contributed by atoms with Gasteiger partial charge in [0, 0.05) is 34.7 Å². The Bertz CT molecular complexity index is 1120. The molecule has 1 aliphatic rings. The molecule has 0 spiro atoms. The summed E-state index contributed by atoms with van der Waals surface area (Å²) in [5.74, 6) is 0.00465. The number of aromatic nitrogens is 1. The summed E-state index contributed by atoms with van der Waals surface area (Å²) in [7, 11) is 0. The number of rotatable bonds is 6. The summed E-state index contributed by atoms with van der Waals surface area (Å²) in [6.07, 6.45) is 5.71. The fourth-order valence-corrected chi connectivity index (χ4v) is 4.44. The first-order valence-electron chi connectivity index (χ1n) is 8.82. The van der Waals surface area contributed by atoms with Gasteiger partial charge in [0.2, 0.25) is 5.91 Å². The fourth-order valence-electron chi connectivity index (χ4n) is 3.03. The highest BCUT2D eigenvalue weighted by Crippen LogP contribution is 2.32. The van der Waals surface area contributed by atoms with Crippen LogP contribution in [-0.2, 0) is 16.0 Å².